The minimum Gasteiger partial charge on any atom is -0.372 e. The molecule has 0 spiro atoms. The fourth-order valence-electron chi connectivity index (χ4n) is 2.45. The molecular weight excluding hydrogens is 314 g/mol. The number of nitrogens with zero attached hydrogens (tertiary/aromatic N) is 3. The van der Waals surface area contributed by atoms with E-state index in [9.17, 15) is 4.79 Å². The molecule has 1 amide bonds. The monoisotopic (exact) mass is 341 g/mol. The molecule has 0 saturated heterocycles. The third-order valence-corrected chi connectivity index (χ3v) is 3.66. The van der Waals surface area contributed by atoms with Crippen molar-refractivity contribution in [2.45, 2.75) is 40.2 Å². The first-order valence-corrected chi connectivity index (χ1v) is 8.59. The van der Waals surface area contributed by atoms with Crippen molar-refractivity contribution in [3.63, 3.8) is 0 Å². The van der Waals surface area contributed by atoms with Crippen LogP contribution in [0.2, 0.25) is 0 Å². The van der Waals surface area contributed by atoms with Crippen LogP contribution < -0.4 is 15.5 Å². The predicted molar refractivity (Wildman–Crippen MR) is 103 cm³/mol. The summed E-state index contributed by atoms with van der Waals surface area (Å²) in [4.78, 5) is 22.7. The molecule has 25 heavy (non-hydrogen) atoms. The van der Waals surface area contributed by atoms with E-state index in [1.54, 1.807) is 6.07 Å². The van der Waals surface area contributed by atoms with E-state index in [0.717, 1.165) is 18.8 Å². The number of hydrogen-bond donors (Lipinski definition) is 2. The molecule has 0 saturated carbocycles. The van der Waals surface area contributed by atoms with Crippen molar-refractivity contribution >= 4 is 23.1 Å². The van der Waals surface area contributed by atoms with E-state index in [0.29, 0.717) is 11.5 Å². The maximum Gasteiger partial charge on any atom is 0.270 e. The van der Waals surface area contributed by atoms with Gasteiger partial charge in [-0.3, -0.25) is 4.79 Å². The molecule has 0 aliphatic heterocycles. The van der Waals surface area contributed by atoms with Crippen molar-refractivity contribution in [1.29, 1.82) is 0 Å². The van der Waals surface area contributed by atoms with Crippen molar-refractivity contribution < 1.29 is 4.79 Å². The Morgan fingerprint density at radius 1 is 1.08 bits per heavy atom. The van der Waals surface area contributed by atoms with Crippen LogP contribution >= 0.6 is 0 Å². The summed E-state index contributed by atoms with van der Waals surface area (Å²) in [6.07, 6.45) is 1.39. The Hall–Kier alpha value is -2.63. The highest BCUT2D eigenvalue weighted by Crippen LogP contribution is 2.20. The van der Waals surface area contributed by atoms with Gasteiger partial charge in [-0.2, -0.15) is 0 Å². The van der Waals surface area contributed by atoms with Crippen LogP contribution in [0.4, 0.5) is 17.2 Å². The second kappa shape index (κ2) is 7.96. The van der Waals surface area contributed by atoms with Gasteiger partial charge in [-0.25, -0.2) is 9.97 Å². The molecule has 0 aliphatic rings. The van der Waals surface area contributed by atoms with Gasteiger partial charge in [0.15, 0.2) is 0 Å². The largest absolute Gasteiger partial charge is 0.372 e. The van der Waals surface area contributed by atoms with Crippen molar-refractivity contribution in [3.8, 4) is 0 Å². The summed E-state index contributed by atoms with van der Waals surface area (Å²) in [7, 11) is 0. The molecule has 2 N–H and O–H groups in total. The van der Waals surface area contributed by atoms with Crippen LogP contribution in [-0.2, 0) is 0 Å². The van der Waals surface area contributed by atoms with Gasteiger partial charge < -0.3 is 15.5 Å². The summed E-state index contributed by atoms with van der Waals surface area (Å²) in [5.41, 5.74) is 2.13. The van der Waals surface area contributed by atoms with E-state index in [1.165, 1.54) is 12.0 Å². The van der Waals surface area contributed by atoms with E-state index in [4.69, 9.17) is 0 Å². The lowest BCUT2D eigenvalue weighted by atomic mass is 10.1. The third-order valence-electron chi connectivity index (χ3n) is 3.66. The van der Waals surface area contributed by atoms with E-state index in [-0.39, 0.29) is 11.4 Å². The van der Waals surface area contributed by atoms with Crippen LogP contribution in [0.25, 0.3) is 0 Å². The molecule has 2 rings (SSSR count). The number of hydrogen-bond acceptors (Lipinski definition) is 5. The van der Waals surface area contributed by atoms with Crippen molar-refractivity contribution in [2.75, 3.05) is 23.3 Å². The SMILES string of the molecule is CCN(CC)c1ccc(Nc2cc(C(=O)NC(C)(C)C)ncn2)cc1. The summed E-state index contributed by atoms with van der Waals surface area (Å²) >= 11 is 0. The molecule has 0 aliphatic carbocycles. The quantitative estimate of drug-likeness (QED) is 0.840. The van der Waals surface area contributed by atoms with E-state index in [2.05, 4.69) is 51.5 Å². The maximum atomic E-state index is 12.2. The molecule has 0 bridgehead atoms. The highest BCUT2D eigenvalue weighted by atomic mass is 16.2. The van der Waals surface area contributed by atoms with Crippen LogP contribution in [0, 0.1) is 0 Å². The lowest BCUT2D eigenvalue weighted by Crippen LogP contribution is -2.40. The smallest absolute Gasteiger partial charge is 0.270 e. The van der Waals surface area contributed by atoms with Crippen molar-refractivity contribution in [2.24, 2.45) is 0 Å². The Morgan fingerprint density at radius 3 is 2.28 bits per heavy atom. The molecule has 6 heteroatoms. The van der Waals surface area contributed by atoms with Crippen LogP contribution in [0.5, 0.6) is 0 Å². The van der Waals surface area contributed by atoms with Gasteiger partial charge in [0.2, 0.25) is 0 Å². The summed E-state index contributed by atoms with van der Waals surface area (Å²) < 4.78 is 0. The van der Waals surface area contributed by atoms with Gasteiger partial charge >= 0.3 is 0 Å². The van der Waals surface area contributed by atoms with Gasteiger partial charge in [-0.15, -0.1) is 0 Å². The standard InChI is InChI=1S/C19H27N5O/c1-6-24(7-2)15-10-8-14(9-11-15)22-17-12-16(20-13-21-17)18(25)23-19(3,4)5/h8-13H,6-7H2,1-5H3,(H,23,25)(H,20,21,22). The molecule has 6 nitrogen and oxygen atoms in total. The lowest BCUT2D eigenvalue weighted by molar-refractivity contribution is 0.0914. The molecule has 0 fully saturated rings. The van der Waals surface area contributed by atoms with Crippen LogP contribution in [0.3, 0.4) is 0 Å². The van der Waals surface area contributed by atoms with E-state index >= 15 is 0 Å². The van der Waals surface area contributed by atoms with Gasteiger partial charge in [0.1, 0.15) is 17.8 Å². The van der Waals surface area contributed by atoms with Gasteiger partial charge in [0, 0.05) is 36.1 Å². The molecule has 1 heterocycles. The topological polar surface area (TPSA) is 70.2 Å². The maximum absolute atomic E-state index is 12.2. The number of rotatable bonds is 6. The number of carbonyl (C=O) groups is 1. The van der Waals surface area contributed by atoms with Crippen LogP contribution in [0.15, 0.2) is 36.7 Å². The normalized spacial score (nSPS) is 11.1. The number of benzene rings is 1. The number of amides is 1. The second-order valence-corrected chi connectivity index (χ2v) is 6.84. The first-order valence-electron chi connectivity index (χ1n) is 8.59. The number of aromatic nitrogens is 2. The van der Waals surface area contributed by atoms with Gasteiger partial charge in [-0.05, 0) is 58.9 Å². The van der Waals surface area contributed by atoms with Crippen molar-refractivity contribution in [1.82, 2.24) is 15.3 Å². The van der Waals surface area contributed by atoms with Gasteiger partial charge in [-0.1, -0.05) is 0 Å². The van der Waals surface area contributed by atoms with Gasteiger partial charge in [0.25, 0.3) is 5.91 Å². The third kappa shape index (κ3) is 5.45. The molecule has 134 valence electrons. The molecule has 0 radical (unpaired) electrons. The molecule has 1 aromatic carbocycles. The summed E-state index contributed by atoms with van der Waals surface area (Å²) in [6, 6.07) is 9.81. The average molecular weight is 341 g/mol. The first-order chi connectivity index (χ1) is 11.8. The molecule has 0 unspecified atom stereocenters. The molecule has 1 aromatic heterocycles. The zero-order valence-electron chi connectivity index (χ0n) is 15.6. The summed E-state index contributed by atoms with van der Waals surface area (Å²) in [6.45, 7) is 12.0. The molecular formula is C19H27N5O. The summed E-state index contributed by atoms with van der Waals surface area (Å²) in [5.74, 6) is 0.375. The van der Waals surface area contributed by atoms with Crippen LogP contribution in [0.1, 0.15) is 45.1 Å². The lowest BCUT2D eigenvalue weighted by Gasteiger charge is -2.21. The summed E-state index contributed by atoms with van der Waals surface area (Å²) in [5, 5.41) is 6.11. The Kier molecular flexibility index (Phi) is 5.96. The Morgan fingerprint density at radius 2 is 1.72 bits per heavy atom. The molecule has 0 atom stereocenters. The fraction of sp³-hybridized carbons (Fsp3) is 0.421. The Bertz CT molecular complexity index is 702. The van der Waals surface area contributed by atoms with Crippen LogP contribution in [-0.4, -0.2) is 34.5 Å². The minimum absolute atomic E-state index is 0.213. The highest BCUT2D eigenvalue weighted by molar-refractivity contribution is 5.93. The second-order valence-electron chi connectivity index (χ2n) is 6.84. The zero-order chi connectivity index (χ0) is 18.4. The zero-order valence-corrected chi connectivity index (χ0v) is 15.6. The highest BCUT2D eigenvalue weighted by Gasteiger charge is 2.16. The Labute approximate surface area is 149 Å². The minimum atomic E-state index is -0.310. The number of nitrogens with one attached hydrogen (secondary N) is 2. The fourth-order valence-corrected chi connectivity index (χ4v) is 2.45. The average Bonchev–Trinajstić information content (AvgIpc) is 2.56. The number of anilines is 3. The number of carbonyl (C=O) groups excluding carboxylic acids is 1. The Balaban J connectivity index is 2.10. The van der Waals surface area contributed by atoms with Crippen molar-refractivity contribution in [3.05, 3.63) is 42.4 Å². The van der Waals surface area contributed by atoms with Gasteiger partial charge in [0.05, 0.1) is 0 Å². The predicted octanol–water partition coefficient (Wildman–Crippen LogP) is 3.59. The first kappa shape index (κ1) is 18.7. The van der Waals surface area contributed by atoms with E-state index in [1.807, 2.05) is 32.9 Å². The van der Waals surface area contributed by atoms with E-state index < -0.39 is 0 Å². The molecule has 2 aromatic rings.